The Balaban J connectivity index is 1.37. The quantitative estimate of drug-likeness (QED) is 0.174. The van der Waals surface area contributed by atoms with Gasteiger partial charge in [-0.25, -0.2) is 13.2 Å². The minimum Gasteiger partial charge on any atom is -0.475 e. The van der Waals surface area contributed by atoms with E-state index in [4.69, 9.17) is 4.42 Å². The number of nitrogens with zero attached hydrogens (tertiary/aromatic N) is 3. The van der Waals surface area contributed by atoms with Gasteiger partial charge in [0.1, 0.15) is 10.5 Å². The molecule has 6 rings (SSSR count). The maximum Gasteiger partial charge on any atom is 0.372 e. The SMILES string of the molecule is Cc1c(C(=O)O)oc2ccc(S(=O)(=O)N(CCc3ccccc3)c3ccccc3N3CCN(C(=O)c4sccc4Br)CC3C)cc12. The third-order valence-electron chi connectivity index (χ3n) is 8.32. The van der Waals surface area contributed by atoms with E-state index in [1.165, 1.54) is 33.8 Å². The molecule has 1 fully saturated rings. The third kappa shape index (κ3) is 6.04. The zero-order valence-corrected chi connectivity index (χ0v) is 28.4. The Morgan fingerprint density at radius 2 is 1.78 bits per heavy atom. The van der Waals surface area contributed by atoms with Gasteiger partial charge in [0.2, 0.25) is 5.76 Å². The topological polar surface area (TPSA) is 111 Å². The summed E-state index contributed by atoms with van der Waals surface area (Å²) in [7, 11) is -4.13. The van der Waals surface area contributed by atoms with Crippen molar-refractivity contribution in [2.45, 2.75) is 31.2 Å². The minimum absolute atomic E-state index is 0.0234. The maximum atomic E-state index is 14.6. The predicted molar refractivity (Wildman–Crippen MR) is 184 cm³/mol. The number of carbonyl (C=O) groups excluding carboxylic acids is 1. The number of piperazine rings is 1. The molecule has 12 heteroatoms. The molecule has 1 N–H and O–H groups in total. The van der Waals surface area contributed by atoms with Crippen LogP contribution in [0.5, 0.6) is 0 Å². The van der Waals surface area contributed by atoms with Crippen molar-refractivity contribution in [1.82, 2.24) is 4.90 Å². The van der Waals surface area contributed by atoms with Crippen LogP contribution in [-0.4, -0.2) is 62.5 Å². The summed E-state index contributed by atoms with van der Waals surface area (Å²) in [5.41, 5.74) is 2.95. The molecule has 0 saturated carbocycles. The lowest BCUT2D eigenvalue weighted by atomic mass is 10.1. The second-order valence-electron chi connectivity index (χ2n) is 11.2. The molecule has 0 radical (unpaired) electrons. The van der Waals surface area contributed by atoms with Gasteiger partial charge in [0, 0.05) is 47.6 Å². The number of hydrogen-bond acceptors (Lipinski definition) is 7. The van der Waals surface area contributed by atoms with E-state index in [0.29, 0.717) is 53.2 Å². The number of anilines is 2. The number of amides is 1. The number of carboxylic acid groups (broad SMARTS) is 1. The fourth-order valence-electron chi connectivity index (χ4n) is 5.94. The van der Waals surface area contributed by atoms with Gasteiger partial charge in [0.05, 0.1) is 16.3 Å². The summed E-state index contributed by atoms with van der Waals surface area (Å²) >= 11 is 4.88. The molecule has 2 aromatic heterocycles. The number of para-hydroxylation sites is 2. The van der Waals surface area contributed by atoms with Crippen molar-refractivity contribution in [3.63, 3.8) is 0 Å². The van der Waals surface area contributed by atoms with Crippen LogP contribution in [0.2, 0.25) is 0 Å². The molecule has 0 spiro atoms. The van der Waals surface area contributed by atoms with Crippen LogP contribution in [0, 0.1) is 6.92 Å². The Hall–Kier alpha value is -4.13. The van der Waals surface area contributed by atoms with Crippen LogP contribution < -0.4 is 9.21 Å². The number of carbonyl (C=O) groups is 2. The van der Waals surface area contributed by atoms with E-state index in [1.54, 1.807) is 6.92 Å². The lowest BCUT2D eigenvalue weighted by Crippen LogP contribution is -2.54. The molecule has 5 aromatic rings. The number of halogens is 1. The fourth-order valence-corrected chi connectivity index (χ4v) is 8.96. The molecular weight excluding hydrogens is 690 g/mol. The Labute approximate surface area is 279 Å². The summed E-state index contributed by atoms with van der Waals surface area (Å²) in [6, 6.07) is 23.4. The van der Waals surface area contributed by atoms with Crippen molar-refractivity contribution < 1.29 is 27.5 Å². The molecule has 238 valence electrons. The molecule has 0 bridgehead atoms. The molecule has 1 unspecified atom stereocenters. The Morgan fingerprint density at radius 1 is 1.04 bits per heavy atom. The number of fused-ring (bicyclic) bond motifs is 1. The monoisotopic (exact) mass is 721 g/mol. The van der Waals surface area contributed by atoms with Crippen LogP contribution in [0.15, 0.2) is 98.0 Å². The van der Waals surface area contributed by atoms with Crippen LogP contribution in [0.3, 0.4) is 0 Å². The number of aromatic carboxylic acids is 1. The van der Waals surface area contributed by atoms with Crippen molar-refractivity contribution in [2.75, 3.05) is 35.4 Å². The maximum absolute atomic E-state index is 14.6. The molecule has 1 amide bonds. The predicted octanol–water partition coefficient (Wildman–Crippen LogP) is 7.05. The zero-order valence-electron chi connectivity index (χ0n) is 25.2. The lowest BCUT2D eigenvalue weighted by Gasteiger charge is -2.42. The second kappa shape index (κ2) is 12.9. The van der Waals surface area contributed by atoms with Crippen LogP contribution in [0.25, 0.3) is 11.0 Å². The average molecular weight is 723 g/mol. The Morgan fingerprint density at radius 3 is 2.48 bits per heavy atom. The highest BCUT2D eigenvalue weighted by Gasteiger charge is 2.33. The van der Waals surface area contributed by atoms with E-state index < -0.39 is 16.0 Å². The second-order valence-corrected chi connectivity index (χ2v) is 14.8. The first-order valence-electron chi connectivity index (χ1n) is 14.8. The highest BCUT2D eigenvalue weighted by atomic mass is 79.9. The van der Waals surface area contributed by atoms with Gasteiger partial charge in [-0.3, -0.25) is 9.10 Å². The molecular formula is C34H32BrN3O6S2. The number of benzene rings is 3. The molecule has 3 heterocycles. The highest BCUT2D eigenvalue weighted by Crippen LogP contribution is 2.37. The van der Waals surface area contributed by atoms with E-state index in [9.17, 15) is 23.1 Å². The molecule has 0 aliphatic carbocycles. The van der Waals surface area contributed by atoms with Crippen molar-refractivity contribution in [1.29, 1.82) is 0 Å². The summed E-state index contributed by atoms with van der Waals surface area (Å²) in [6.45, 7) is 5.32. The number of thiophene rings is 1. The smallest absolute Gasteiger partial charge is 0.372 e. The summed E-state index contributed by atoms with van der Waals surface area (Å²) < 4.78 is 36.9. The standard InChI is InChI=1S/C34H32BrN3O6S2/c1-22-21-36(33(39)32-27(35)15-19-45-32)17-18-37(22)28-10-6-7-11-29(28)38(16-14-24-8-4-3-5-9-24)46(42,43)25-12-13-30-26(20-25)23(2)31(44-30)34(40)41/h3-13,15,19-20,22H,14,16-18,21H2,1-2H3,(H,40,41). The van der Waals surface area contributed by atoms with Crippen LogP contribution >= 0.6 is 27.3 Å². The van der Waals surface area contributed by atoms with Gasteiger partial charge in [-0.05, 0) is 83.5 Å². The number of sulfonamides is 1. The summed E-state index contributed by atoms with van der Waals surface area (Å²) in [4.78, 5) is 29.7. The van der Waals surface area contributed by atoms with Gasteiger partial charge in [-0.2, -0.15) is 0 Å². The van der Waals surface area contributed by atoms with Gasteiger partial charge in [-0.1, -0.05) is 42.5 Å². The molecule has 3 aromatic carbocycles. The third-order valence-corrected chi connectivity index (χ3v) is 12.0. The Kier molecular flexibility index (Phi) is 8.95. The first-order valence-corrected chi connectivity index (χ1v) is 17.9. The van der Waals surface area contributed by atoms with E-state index in [1.807, 2.05) is 77.9 Å². The molecule has 1 atom stereocenters. The first-order chi connectivity index (χ1) is 22.1. The summed E-state index contributed by atoms with van der Waals surface area (Å²) in [5, 5.41) is 11.9. The molecule has 1 saturated heterocycles. The van der Waals surface area contributed by atoms with Crippen LogP contribution in [-0.2, 0) is 16.4 Å². The van der Waals surface area contributed by atoms with Gasteiger partial charge in [0.25, 0.3) is 15.9 Å². The molecule has 1 aliphatic rings. The lowest BCUT2D eigenvalue weighted by molar-refractivity contribution is 0.0663. The molecule has 9 nitrogen and oxygen atoms in total. The zero-order chi connectivity index (χ0) is 32.6. The number of hydrogen-bond donors (Lipinski definition) is 1. The van der Waals surface area contributed by atoms with Crippen molar-refractivity contribution in [3.8, 4) is 0 Å². The largest absolute Gasteiger partial charge is 0.475 e. The van der Waals surface area contributed by atoms with E-state index in [-0.39, 0.29) is 29.1 Å². The minimum atomic E-state index is -4.13. The molecule has 1 aliphatic heterocycles. The van der Waals surface area contributed by atoms with E-state index in [0.717, 1.165) is 15.7 Å². The number of carboxylic acids is 1. The van der Waals surface area contributed by atoms with Crippen LogP contribution in [0.1, 0.15) is 38.3 Å². The first kappa shape index (κ1) is 31.8. The normalized spacial score (nSPS) is 15.3. The van der Waals surface area contributed by atoms with Crippen LogP contribution in [0.4, 0.5) is 11.4 Å². The molecule has 46 heavy (non-hydrogen) atoms. The van der Waals surface area contributed by atoms with Gasteiger partial charge < -0.3 is 19.3 Å². The highest BCUT2D eigenvalue weighted by molar-refractivity contribution is 9.10. The number of furan rings is 1. The number of rotatable bonds is 9. The average Bonchev–Trinajstić information content (AvgIpc) is 3.63. The van der Waals surface area contributed by atoms with E-state index >= 15 is 0 Å². The van der Waals surface area contributed by atoms with Crippen molar-refractivity contribution in [3.05, 3.63) is 110 Å². The van der Waals surface area contributed by atoms with Gasteiger partial charge in [0.15, 0.2) is 0 Å². The van der Waals surface area contributed by atoms with Gasteiger partial charge >= 0.3 is 5.97 Å². The Bertz CT molecular complexity index is 2020. The fraction of sp³-hybridized carbons (Fsp3) is 0.235. The summed E-state index contributed by atoms with van der Waals surface area (Å²) in [6.07, 6.45) is 0.470. The van der Waals surface area contributed by atoms with Gasteiger partial charge in [-0.15, -0.1) is 11.3 Å². The number of aryl methyl sites for hydroxylation is 1. The van der Waals surface area contributed by atoms with Crippen molar-refractivity contribution in [2.24, 2.45) is 0 Å². The van der Waals surface area contributed by atoms with E-state index in [2.05, 4.69) is 20.8 Å². The summed E-state index contributed by atoms with van der Waals surface area (Å²) in [5.74, 6) is -1.45. The van der Waals surface area contributed by atoms with Crippen molar-refractivity contribution >= 4 is 71.5 Å².